The largest absolute Gasteiger partial charge is 0.491 e. The van der Waals surface area contributed by atoms with Gasteiger partial charge < -0.3 is 15.0 Å². The van der Waals surface area contributed by atoms with Crippen molar-refractivity contribution >= 4 is 11.4 Å². The van der Waals surface area contributed by atoms with E-state index in [4.69, 9.17) is 4.74 Å². The number of hydrogen-bond donors (Lipinski definition) is 1. The van der Waals surface area contributed by atoms with Crippen molar-refractivity contribution in [1.82, 2.24) is 5.32 Å². The van der Waals surface area contributed by atoms with Gasteiger partial charge in [0, 0.05) is 37.5 Å². The fourth-order valence-electron chi connectivity index (χ4n) is 2.44. The Kier molecular flexibility index (Phi) is 5.01. The Morgan fingerprint density at radius 3 is 2.62 bits per heavy atom. The number of non-ortho nitro benzene ring substituents is 1. The van der Waals surface area contributed by atoms with Crippen molar-refractivity contribution in [3.63, 3.8) is 0 Å². The molecule has 2 rings (SSSR count). The van der Waals surface area contributed by atoms with Crippen LogP contribution in [0.1, 0.15) is 27.2 Å². The molecule has 1 fully saturated rings. The van der Waals surface area contributed by atoms with Crippen molar-refractivity contribution in [3.8, 4) is 5.75 Å². The van der Waals surface area contributed by atoms with Crippen molar-refractivity contribution in [1.29, 1.82) is 0 Å². The predicted octanol–water partition coefficient (Wildman–Crippen LogP) is 2.57. The maximum atomic E-state index is 11.1. The zero-order valence-electron chi connectivity index (χ0n) is 12.8. The highest BCUT2D eigenvalue weighted by Crippen LogP contribution is 2.31. The normalized spacial score (nSPS) is 14.9. The van der Waals surface area contributed by atoms with Gasteiger partial charge in [0.05, 0.1) is 23.1 Å². The van der Waals surface area contributed by atoms with Gasteiger partial charge in [-0.3, -0.25) is 10.1 Å². The molecule has 0 spiro atoms. The van der Waals surface area contributed by atoms with Gasteiger partial charge in [-0.15, -0.1) is 0 Å². The third kappa shape index (κ3) is 3.85. The first-order valence-electron chi connectivity index (χ1n) is 7.44. The average molecular weight is 293 g/mol. The molecular formula is C15H23N3O3. The lowest BCUT2D eigenvalue weighted by atomic mass is 10.1. The van der Waals surface area contributed by atoms with E-state index in [1.807, 2.05) is 19.9 Å². The molecule has 0 unspecified atom stereocenters. The van der Waals surface area contributed by atoms with E-state index in [0.29, 0.717) is 11.8 Å². The number of benzene rings is 1. The fourth-order valence-corrected chi connectivity index (χ4v) is 2.44. The summed E-state index contributed by atoms with van der Waals surface area (Å²) in [4.78, 5) is 13.0. The Balaban J connectivity index is 2.34. The number of nitrogens with one attached hydrogen (secondary N) is 1. The van der Waals surface area contributed by atoms with Crippen LogP contribution in [0.25, 0.3) is 0 Å². The molecule has 1 saturated heterocycles. The minimum atomic E-state index is -0.361. The second-order valence-electron chi connectivity index (χ2n) is 5.61. The van der Waals surface area contributed by atoms with Gasteiger partial charge in [-0.2, -0.15) is 0 Å². The lowest BCUT2D eigenvalue weighted by molar-refractivity contribution is -0.384. The lowest BCUT2D eigenvalue weighted by Crippen LogP contribution is -2.57. The molecule has 0 saturated carbocycles. The summed E-state index contributed by atoms with van der Waals surface area (Å²) in [6.07, 6.45) is 0.990. The first kappa shape index (κ1) is 15.6. The number of nitrogens with zero attached hydrogens (tertiary/aromatic N) is 2. The van der Waals surface area contributed by atoms with Crippen LogP contribution < -0.4 is 15.0 Å². The first-order valence-corrected chi connectivity index (χ1v) is 7.44. The summed E-state index contributed by atoms with van der Waals surface area (Å²) < 4.78 is 5.66. The maximum absolute atomic E-state index is 11.1. The number of nitro benzene ring substituents is 1. The van der Waals surface area contributed by atoms with Crippen molar-refractivity contribution in [2.45, 2.75) is 39.3 Å². The van der Waals surface area contributed by atoms with Crippen LogP contribution in [0, 0.1) is 10.1 Å². The van der Waals surface area contributed by atoms with Crippen molar-refractivity contribution in [3.05, 3.63) is 28.3 Å². The molecule has 1 N–H and O–H groups in total. The molecule has 0 amide bonds. The Labute approximate surface area is 125 Å². The van der Waals surface area contributed by atoms with Crippen LogP contribution in [0.4, 0.5) is 11.4 Å². The van der Waals surface area contributed by atoms with Gasteiger partial charge in [0.15, 0.2) is 0 Å². The predicted molar refractivity (Wildman–Crippen MR) is 83.2 cm³/mol. The quantitative estimate of drug-likeness (QED) is 0.618. The molecule has 0 radical (unpaired) electrons. The summed E-state index contributed by atoms with van der Waals surface area (Å²) in [6, 6.07) is 5.44. The first-order chi connectivity index (χ1) is 10.0. The van der Waals surface area contributed by atoms with Gasteiger partial charge in [-0.1, -0.05) is 6.92 Å². The molecule has 1 aliphatic heterocycles. The second-order valence-corrected chi connectivity index (χ2v) is 5.61. The van der Waals surface area contributed by atoms with E-state index in [2.05, 4.69) is 17.1 Å². The molecule has 0 bridgehead atoms. The van der Waals surface area contributed by atoms with E-state index < -0.39 is 0 Å². The van der Waals surface area contributed by atoms with Crippen LogP contribution in [-0.4, -0.2) is 36.7 Å². The number of anilines is 1. The van der Waals surface area contributed by atoms with Crippen molar-refractivity contribution < 1.29 is 9.66 Å². The average Bonchev–Trinajstić information content (AvgIpc) is 2.34. The van der Waals surface area contributed by atoms with Gasteiger partial charge in [-0.05, 0) is 20.3 Å². The zero-order chi connectivity index (χ0) is 15.4. The molecule has 0 atom stereocenters. The van der Waals surface area contributed by atoms with Gasteiger partial charge in [-0.25, -0.2) is 0 Å². The van der Waals surface area contributed by atoms with E-state index >= 15 is 0 Å². The van der Waals surface area contributed by atoms with Crippen molar-refractivity contribution in [2.75, 3.05) is 24.5 Å². The van der Waals surface area contributed by atoms with Crippen LogP contribution in [0.3, 0.4) is 0 Å². The maximum Gasteiger partial charge on any atom is 0.275 e. The van der Waals surface area contributed by atoms with Crippen LogP contribution in [0.15, 0.2) is 18.2 Å². The van der Waals surface area contributed by atoms with E-state index in [-0.39, 0.29) is 16.7 Å². The Bertz CT molecular complexity index is 501. The highest BCUT2D eigenvalue weighted by Gasteiger charge is 2.26. The smallest absolute Gasteiger partial charge is 0.275 e. The van der Waals surface area contributed by atoms with Crippen molar-refractivity contribution in [2.24, 2.45) is 0 Å². The van der Waals surface area contributed by atoms with Gasteiger partial charge in [0.1, 0.15) is 5.75 Å². The van der Waals surface area contributed by atoms with Gasteiger partial charge >= 0.3 is 0 Å². The van der Waals surface area contributed by atoms with Crippen LogP contribution in [-0.2, 0) is 0 Å². The highest BCUT2D eigenvalue weighted by atomic mass is 16.6. The molecule has 0 aliphatic carbocycles. The second kappa shape index (κ2) is 6.76. The third-order valence-electron chi connectivity index (χ3n) is 3.46. The topological polar surface area (TPSA) is 67.6 Å². The number of nitro groups is 1. The molecule has 1 aliphatic rings. The minimum Gasteiger partial charge on any atom is -0.491 e. The van der Waals surface area contributed by atoms with Crippen LogP contribution in [0.2, 0.25) is 0 Å². The van der Waals surface area contributed by atoms with E-state index in [1.165, 1.54) is 6.07 Å². The fraction of sp³-hybridized carbons (Fsp3) is 0.600. The summed E-state index contributed by atoms with van der Waals surface area (Å²) in [7, 11) is 0. The number of rotatable bonds is 7. The number of hydrogen-bond acceptors (Lipinski definition) is 5. The molecular weight excluding hydrogens is 270 g/mol. The summed E-state index contributed by atoms with van der Waals surface area (Å²) in [6.45, 7) is 8.67. The monoisotopic (exact) mass is 293 g/mol. The molecule has 6 heteroatoms. The highest BCUT2D eigenvalue weighted by molar-refractivity contribution is 5.59. The molecule has 1 aromatic rings. The van der Waals surface area contributed by atoms with Crippen LogP contribution in [0.5, 0.6) is 5.75 Å². The molecule has 0 aromatic heterocycles. The van der Waals surface area contributed by atoms with Crippen LogP contribution >= 0.6 is 0 Å². The number of ether oxygens (including phenoxy) is 1. The Hall–Kier alpha value is -1.82. The Morgan fingerprint density at radius 1 is 1.43 bits per heavy atom. The van der Waals surface area contributed by atoms with E-state index in [0.717, 1.165) is 31.7 Å². The minimum absolute atomic E-state index is 0.00940. The standard InChI is InChI=1S/C15H23N3O3/c1-4-5-17(14-9-16-10-14)12-6-13(18(19)20)8-15(7-12)21-11(2)3/h6-8,11,14,16H,4-5,9-10H2,1-3H3. The summed E-state index contributed by atoms with van der Waals surface area (Å²) >= 11 is 0. The van der Waals surface area contributed by atoms with Gasteiger partial charge in [0.25, 0.3) is 5.69 Å². The van der Waals surface area contributed by atoms with E-state index in [1.54, 1.807) is 6.07 Å². The molecule has 21 heavy (non-hydrogen) atoms. The zero-order valence-corrected chi connectivity index (χ0v) is 12.8. The summed E-state index contributed by atoms with van der Waals surface area (Å²) in [5.74, 6) is 0.558. The molecule has 6 nitrogen and oxygen atoms in total. The summed E-state index contributed by atoms with van der Waals surface area (Å²) in [5.41, 5.74) is 0.949. The Morgan fingerprint density at radius 2 is 2.14 bits per heavy atom. The molecule has 1 heterocycles. The van der Waals surface area contributed by atoms with Gasteiger partial charge in [0.2, 0.25) is 0 Å². The third-order valence-corrected chi connectivity index (χ3v) is 3.46. The lowest BCUT2D eigenvalue weighted by Gasteiger charge is -2.39. The molecule has 116 valence electrons. The summed E-state index contributed by atoms with van der Waals surface area (Å²) in [5, 5.41) is 14.4. The SMILES string of the molecule is CCCN(c1cc(OC(C)C)cc([N+](=O)[O-])c1)C1CNC1. The van der Waals surface area contributed by atoms with E-state index in [9.17, 15) is 10.1 Å². The molecule has 1 aromatic carbocycles.